The number of carbonyl (C=O) groups excluding carboxylic acids is 1. The summed E-state index contributed by atoms with van der Waals surface area (Å²) in [6.45, 7) is 1.97. The lowest BCUT2D eigenvalue weighted by atomic mass is 9.90. The molecular weight excluding hydrogens is 214 g/mol. The maximum absolute atomic E-state index is 11.7. The highest BCUT2D eigenvalue weighted by Gasteiger charge is 2.24. The molecular formula is C14H15NO2. The number of nitrogens with one attached hydrogen (secondary N) is 1. The second-order valence-electron chi connectivity index (χ2n) is 4.34. The highest BCUT2D eigenvalue weighted by atomic mass is 16.3. The zero-order valence-corrected chi connectivity index (χ0v) is 9.79. The van der Waals surface area contributed by atoms with Gasteiger partial charge in [-0.3, -0.25) is 10.2 Å². The van der Waals surface area contributed by atoms with Crippen molar-refractivity contribution in [2.24, 2.45) is 0 Å². The van der Waals surface area contributed by atoms with Gasteiger partial charge >= 0.3 is 0 Å². The van der Waals surface area contributed by atoms with Gasteiger partial charge in [0.15, 0.2) is 5.78 Å². The highest BCUT2D eigenvalue weighted by molar-refractivity contribution is 6.27. The van der Waals surface area contributed by atoms with Crippen molar-refractivity contribution in [3.8, 4) is 0 Å². The number of ketones is 1. The molecule has 0 saturated carbocycles. The first-order chi connectivity index (χ1) is 8.09. The number of aliphatic hydroxyl groups excluding tert-OH is 1. The quantitative estimate of drug-likeness (QED) is 0.766. The lowest BCUT2D eigenvalue weighted by Gasteiger charge is -2.16. The molecule has 0 heterocycles. The van der Waals surface area contributed by atoms with E-state index in [9.17, 15) is 9.90 Å². The third-order valence-electron chi connectivity index (χ3n) is 2.98. The molecule has 0 bridgehead atoms. The maximum atomic E-state index is 11.7. The summed E-state index contributed by atoms with van der Waals surface area (Å²) in [5.74, 6) is -0.0637. The number of hydrogen-bond donors (Lipinski definition) is 2. The van der Waals surface area contributed by atoms with Crippen molar-refractivity contribution in [2.75, 3.05) is 0 Å². The van der Waals surface area contributed by atoms with Gasteiger partial charge in [-0.1, -0.05) is 29.8 Å². The molecule has 1 aliphatic carbocycles. The molecule has 3 heteroatoms. The minimum atomic E-state index is -0.126. The average Bonchev–Trinajstić information content (AvgIpc) is 2.29. The van der Waals surface area contributed by atoms with Crippen LogP contribution in [0.3, 0.4) is 0 Å². The Kier molecular flexibility index (Phi) is 3.09. The van der Waals surface area contributed by atoms with Gasteiger partial charge < -0.3 is 5.11 Å². The van der Waals surface area contributed by atoms with Crippen molar-refractivity contribution in [1.29, 1.82) is 5.41 Å². The first-order valence-electron chi connectivity index (χ1n) is 5.71. The number of benzene rings is 1. The SMILES string of the molecule is Cc1ccc(C(=N)C2=C(O)CCCC2=O)cc1. The van der Waals surface area contributed by atoms with Crippen LogP contribution in [0.2, 0.25) is 0 Å². The number of Topliss-reactive ketones (excluding diaryl/α,β-unsaturated/α-hetero) is 1. The van der Waals surface area contributed by atoms with Gasteiger partial charge in [0.2, 0.25) is 0 Å². The van der Waals surface area contributed by atoms with Gasteiger partial charge in [-0.15, -0.1) is 0 Å². The Balaban J connectivity index is 2.37. The third kappa shape index (κ3) is 2.28. The second kappa shape index (κ2) is 4.53. The van der Waals surface area contributed by atoms with Crippen LogP contribution in [0.4, 0.5) is 0 Å². The summed E-state index contributed by atoms with van der Waals surface area (Å²) in [6.07, 6.45) is 1.60. The van der Waals surface area contributed by atoms with Gasteiger partial charge in [-0.2, -0.15) is 0 Å². The number of carbonyl (C=O) groups is 1. The predicted octanol–water partition coefficient (Wildman–Crippen LogP) is 2.93. The van der Waals surface area contributed by atoms with Crippen LogP contribution in [-0.2, 0) is 4.79 Å². The van der Waals surface area contributed by atoms with Gasteiger partial charge in [-0.25, -0.2) is 0 Å². The fourth-order valence-electron chi connectivity index (χ4n) is 1.98. The van der Waals surface area contributed by atoms with Gasteiger partial charge in [0.25, 0.3) is 0 Å². The average molecular weight is 229 g/mol. The van der Waals surface area contributed by atoms with E-state index in [-0.39, 0.29) is 22.8 Å². The Morgan fingerprint density at radius 1 is 1.24 bits per heavy atom. The molecule has 88 valence electrons. The molecule has 17 heavy (non-hydrogen) atoms. The van der Waals surface area contributed by atoms with Crippen molar-refractivity contribution < 1.29 is 9.90 Å². The molecule has 2 rings (SSSR count). The molecule has 3 nitrogen and oxygen atoms in total. The lowest BCUT2D eigenvalue weighted by molar-refractivity contribution is -0.115. The number of allylic oxidation sites excluding steroid dienone is 2. The smallest absolute Gasteiger partial charge is 0.168 e. The van der Waals surface area contributed by atoms with Gasteiger partial charge in [-0.05, 0) is 13.3 Å². The van der Waals surface area contributed by atoms with E-state index in [1.165, 1.54) is 0 Å². The van der Waals surface area contributed by atoms with Gasteiger partial charge in [0, 0.05) is 18.4 Å². The van der Waals surface area contributed by atoms with Crippen molar-refractivity contribution in [2.45, 2.75) is 26.2 Å². The molecule has 0 amide bonds. The Hall–Kier alpha value is -1.90. The van der Waals surface area contributed by atoms with Crippen molar-refractivity contribution in [3.05, 3.63) is 46.7 Å². The van der Waals surface area contributed by atoms with Gasteiger partial charge in [0.05, 0.1) is 11.3 Å². The molecule has 1 aliphatic rings. The number of aliphatic hydroxyl groups is 1. The summed E-state index contributed by atoms with van der Waals surface area (Å²) < 4.78 is 0. The van der Waals surface area contributed by atoms with E-state index in [4.69, 9.17) is 5.41 Å². The first kappa shape index (κ1) is 11.6. The Morgan fingerprint density at radius 3 is 2.47 bits per heavy atom. The molecule has 0 unspecified atom stereocenters. The second-order valence-corrected chi connectivity index (χ2v) is 4.34. The van der Waals surface area contributed by atoms with Crippen molar-refractivity contribution >= 4 is 11.5 Å². The summed E-state index contributed by atoms with van der Waals surface area (Å²) in [4.78, 5) is 11.7. The van der Waals surface area contributed by atoms with Crippen LogP contribution in [0.25, 0.3) is 0 Å². The monoisotopic (exact) mass is 229 g/mol. The van der Waals surface area contributed by atoms with Gasteiger partial charge in [0.1, 0.15) is 5.76 Å². The Bertz CT molecular complexity index is 497. The van der Waals surface area contributed by atoms with Crippen LogP contribution < -0.4 is 0 Å². The van der Waals surface area contributed by atoms with Crippen LogP contribution in [-0.4, -0.2) is 16.6 Å². The molecule has 0 atom stereocenters. The Morgan fingerprint density at radius 2 is 1.88 bits per heavy atom. The zero-order valence-electron chi connectivity index (χ0n) is 9.79. The van der Waals surface area contributed by atoms with Crippen LogP contribution in [0.1, 0.15) is 30.4 Å². The first-order valence-corrected chi connectivity index (χ1v) is 5.71. The predicted molar refractivity (Wildman–Crippen MR) is 66.5 cm³/mol. The summed E-state index contributed by atoms with van der Waals surface area (Å²) in [5.41, 5.74) is 2.11. The van der Waals surface area contributed by atoms with Crippen LogP contribution in [0.5, 0.6) is 0 Å². The zero-order chi connectivity index (χ0) is 12.4. The molecule has 0 aromatic heterocycles. The number of rotatable bonds is 2. The minimum absolute atomic E-state index is 0.0619. The molecule has 0 aliphatic heterocycles. The van der Waals surface area contributed by atoms with E-state index in [1.54, 1.807) is 12.1 Å². The standard InChI is InChI=1S/C14H15NO2/c1-9-5-7-10(8-6-9)14(15)13-11(16)3-2-4-12(13)17/h5-8,15-16H,2-4H2,1H3. The van der Waals surface area contributed by atoms with E-state index < -0.39 is 0 Å². The normalized spacial score (nSPS) is 16.2. The van der Waals surface area contributed by atoms with E-state index in [2.05, 4.69) is 0 Å². The summed E-state index contributed by atoms with van der Waals surface area (Å²) in [6, 6.07) is 7.41. The molecule has 0 fully saturated rings. The van der Waals surface area contributed by atoms with E-state index in [1.807, 2.05) is 19.1 Å². The summed E-state index contributed by atoms with van der Waals surface area (Å²) >= 11 is 0. The lowest BCUT2D eigenvalue weighted by Crippen LogP contribution is -2.19. The highest BCUT2D eigenvalue weighted by Crippen LogP contribution is 2.23. The fraction of sp³-hybridized carbons (Fsp3) is 0.286. The molecule has 2 N–H and O–H groups in total. The molecule has 0 saturated heterocycles. The fourth-order valence-corrected chi connectivity index (χ4v) is 1.98. The van der Waals surface area contributed by atoms with Crippen LogP contribution >= 0.6 is 0 Å². The molecule has 1 aromatic carbocycles. The molecule has 0 radical (unpaired) electrons. The molecule has 0 spiro atoms. The van der Waals surface area contributed by atoms with E-state index in [0.717, 1.165) is 5.56 Å². The Labute approximate surface area is 100 Å². The third-order valence-corrected chi connectivity index (χ3v) is 2.98. The van der Waals surface area contributed by atoms with Crippen molar-refractivity contribution in [1.82, 2.24) is 0 Å². The summed E-state index contributed by atoms with van der Waals surface area (Å²) in [7, 11) is 0. The van der Waals surface area contributed by atoms with E-state index >= 15 is 0 Å². The summed E-state index contributed by atoms with van der Waals surface area (Å²) in [5, 5.41) is 17.8. The van der Waals surface area contributed by atoms with Crippen LogP contribution in [0.15, 0.2) is 35.6 Å². The number of hydrogen-bond acceptors (Lipinski definition) is 3. The maximum Gasteiger partial charge on any atom is 0.168 e. The topological polar surface area (TPSA) is 61.1 Å². The van der Waals surface area contributed by atoms with Crippen molar-refractivity contribution in [3.63, 3.8) is 0 Å². The van der Waals surface area contributed by atoms with E-state index in [0.29, 0.717) is 24.8 Å². The largest absolute Gasteiger partial charge is 0.511 e. The number of aryl methyl sites for hydroxylation is 1. The van der Waals surface area contributed by atoms with Crippen LogP contribution in [0, 0.1) is 12.3 Å². The molecule has 1 aromatic rings. The minimum Gasteiger partial charge on any atom is -0.511 e.